The molecule has 0 N–H and O–H groups in total. The zero-order valence-electron chi connectivity index (χ0n) is 9.81. The second-order valence-corrected chi connectivity index (χ2v) is 3.96. The van der Waals surface area contributed by atoms with E-state index in [1.807, 2.05) is 0 Å². The maximum absolute atomic E-state index is 10.9. The molecule has 1 heterocycles. The van der Waals surface area contributed by atoms with Crippen molar-refractivity contribution in [2.45, 2.75) is 12.8 Å². The number of hydrogen-bond donors (Lipinski definition) is 0. The van der Waals surface area contributed by atoms with Crippen molar-refractivity contribution >= 4 is 5.97 Å². The Morgan fingerprint density at radius 1 is 1.31 bits per heavy atom. The first-order valence-corrected chi connectivity index (χ1v) is 5.64. The molecule has 1 saturated heterocycles. The molecule has 0 saturated carbocycles. The van der Waals surface area contributed by atoms with Crippen molar-refractivity contribution in [3.8, 4) is 6.07 Å². The SMILES string of the molecule is COC(=O)CCCN1CCN(CC#N)CC1. The fraction of sp³-hybridized carbons (Fsp3) is 0.818. The van der Waals surface area contributed by atoms with E-state index in [1.54, 1.807) is 0 Å². The summed E-state index contributed by atoms with van der Waals surface area (Å²) in [6, 6.07) is 2.16. The largest absolute Gasteiger partial charge is 0.469 e. The van der Waals surface area contributed by atoms with E-state index >= 15 is 0 Å². The highest BCUT2D eigenvalue weighted by Crippen LogP contribution is 2.03. The molecule has 1 fully saturated rings. The van der Waals surface area contributed by atoms with E-state index in [4.69, 9.17) is 5.26 Å². The lowest BCUT2D eigenvalue weighted by atomic mass is 10.2. The highest BCUT2D eigenvalue weighted by molar-refractivity contribution is 5.69. The van der Waals surface area contributed by atoms with Crippen LogP contribution in [0.1, 0.15) is 12.8 Å². The normalized spacial score (nSPS) is 18.0. The number of ether oxygens (including phenoxy) is 1. The monoisotopic (exact) mass is 225 g/mol. The number of methoxy groups -OCH3 is 1. The summed E-state index contributed by atoms with van der Waals surface area (Å²) < 4.78 is 4.59. The summed E-state index contributed by atoms with van der Waals surface area (Å²) >= 11 is 0. The Kier molecular flexibility index (Phi) is 5.83. The standard InChI is InChI=1S/C11H19N3O2/c1-16-11(15)3-2-5-13-7-9-14(6-4-12)10-8-13/h2-3,5-10H2,1H3. The Morgan fingerprint density at radius 3 is 2.50 bits per heavy atom. The maximum atomic E-state index is 10.9. The van der Waals surface area contributed by atoms with E-state index in [-0.39, 0.29) is 5.97 Å². The molecule has 0 spiro atoms. The zero-order valence-corrected chi connectivity index (χ0v) is 9.81. The summed E-state index contributed by atoms with van der Waals surface area (Å²) in [6.07, 6.45) is 1.35. The second kappa shape index (κ2) is 7.20. The summed E-state index contributed by atoms with van der Waals surface area (Å²) in [4.78, 5) is 15.4. The van der Waals surface area contributed by atoms with Crippen LogP contribution in [0.25, 0.3) is 0 Å². The van der Waals surface area contributed by atoms with E-state index in [0.29, 0.717) is 13.0 Å². The molecule has 5 heteroatoms. The van der Waals surface area contributed by atoms with Gasteiger partial charge >= 0.3 is 5.97 Å². The van der Waals surface area contributed by atoms with Gasteiger partial charge in [-0.2, -0.15) is 5.26 Å². The fourth-order valence-electron chi connectivity index (χ4n) is 1.82. The van der Waals surface area contributed by atoms with Crippen LogP contribution in [0.3, 0.4) is 0 Å². The minimum Gasteiger partial charge on any atom is -0.469 e. The molecule has 0 unspecified atom stereocenters. The van der Waals surface area contributed by atoms with Gasteiger partial charge in [-0.05, 0) is 13.0 Å². The Morgan fingerprint density at radius 2 is 1.94 bits per heavy atom. The first-order chi connectivity index (χ1) is 7.76. The number of hydrogen-bond acceptors (Lipinski definition) is 5. The first kappa shape index (κ1) is 12.9. The maximum Gasteiger partial charge on any atom is 0.305 e. The molecule has 0 aliphatic carbocycles. The van der Waals surface area contributed by atoms with E-state index in [0.717, 1.165) is 39.1 Å². The Balaban J connectivity index is 2.08. The van der Waals surface area contributed by atoms with Crippen molar-refractivity contribution in [2.75, 3.05) is 46.4 Å². The molecule has 16 heavy (non-hydrogen) atoms. The molecule has 0 radical (unpaired) electrons. The van der Waals surface area contributed by atoms with Gasteiger partial charge in [-0.25, -0.2) is 0 Å². The lowest BCUT2D eigenvalue weighted by Crippen LogP contribution is -2.46. The smallest absolute Gasteiger partial charge is 0.305 e. The van der Waals surface area contributed by atoms with Crippen LogP contribution >= 0.6 is 0 Å². The molecule has 0 aromatic rings. The van der Waals surface area contributed by atoms with E-state index < -0.39 is 0 Å². The van der Waals surface area contributed by atoms with Crippen molar-refractivity contribution in [3.05, 3.63) is 0 Å². The molecule has 5 nitrogen and oxygen atoms in total. The van der Waals surface area contributed by atoms with Crippen LogP contribution in [-0.4, -0.2) is 62.1 Å². The number of rotatable bonds is 5. The fourth-order valence-corrected chi connectivity index (χ4v) is 1.82. The van der Waals surface area contributed by atoms with Gasteiger partial charge in [0.15, 0.2) is 0 Å². The van der Waals surface area contributed by atoms with Gasteiger partial charge in [0.1, 0.15) is 0 Å². The van der Waals surface area contributed by atoms with Gasteiger partial charge < -0.3 is 9.64 Å². The van der Waals surface area contributed by atoms with Gasteiger partial charge in [0.05, 0.1) is 19.7 Å². The van der Waals surface area contributed by atoms with Gasteiger partial charge in [0.25, 0.3) is 0 Å². The summed E-state index contributed by atoms with van der Waals surface area (Å²) in [5.41, 5.74) is 0. The average Bonchev–Trinajstić information content (AvgIpc) is 2.31. The molecule has 90 valence electrons. The van der Waals surface area contributed by atoms with E-state index in [2.05, 4.69) is 20.6 Å². The van der Waals surface area contributed by atoms with Crippen molar-refractivity contribution in [1.29, 1.82) is 5.26 Å². The predicted molar refractivity (Wildman–Crippen MR) is 59.7 cm³/mol. The molecule has 0 amide bonds. The lowest BCUT2D eigenvalue weighted by molar-refractivity contribution is -0.140. The Labute approximate surface area is 96.6 Å². The quantitative estimate of drug-likeness (QED) is 0.490. The van der Waals surface area contributed by atoms with Gasteiger partial charge in [0, 0.05) is 32.6 Å². The molecule has 1 aliphatic heterocycles. The van der Waals surface area contributed by atoms with Crippen LogP contribution in [0.15, 0.2) is 0 Å². The minimum atomic E-state index is -0.136. The van der Waals surface area contributed by atoms with Gasteiger partial charge in [-0.1, -0.05) is 0 Å². The highest BCUT2D eigenvalue weighted by atomic mass is 16.5. The predicted octanol–water partition coefficient (Wildman–Crippen LogP) is 0.0808. The third-order valence-electron chi connectivity index (χ3n) is 2.84. The van der Waals surface area contributed by atoms with Crippen LogP contribution in [0.2, 0.25) is 0 Å². The van der Waals surface area contributed by atoms with E-state index in [1.165, 1.54) is 7.11 Å². The third kappa shape index (κ3) is 4.60. The van der Waals surface area contributed by atoms with Gasteiger partial charge in [-0.3, -0.25) is 9.69 Å². The molecule has 0 atom stereocenters. The average molecular weight is 225 g/mol. The topological polar surface area (TPSA) is 56.6 Å². The number of nitriles is 1. The van der Waals surface area contributed by atoms with Crippen molar-refractivity contribution in [1.82, 2.24) is 9.80 Å². The van der Waals surface area contributed by atoms with Crippen LogP contribution in [-0.2, 0) is 9.53 Å². The van der Waals surface area contributed by atoms with Crippen molar-refractivity contribution in [3.63, 3.8) is 0 Å². The van der Waals surface area contributed by atoms with Crippen LogP contribution < -0.4 is 0 Å². The molecular weight excluding hydrogens is 206 g/mol. The van der Waals surface area contributed by atoms with Crippen LogP contribution in [0.5, 0.6) is 0 Å². The summed E-state index contributed by atoms with van der Waals surface area (Å²) in [5, 5.41) is 8.56. The third-order valence-corrected chi connectivity index (χ3v) is 2.84. The van der Waals surface area contributed by atoms with Gasteiger partial charge in [0.2, 0.25) is 0 Å². The summed E-state index contributed by atoms with van der Waals surface area (Å²) in [5.74, 6) is -0.136. The summed E-state index contributed by atoms with van der Waals surface area (Å²) in [6.45, 7) is 5.34. The van der Waals surface area contributed by atoms with Crippen LogP contribution in [0, 0.1) is 11.3 Å². The molecule has 1 aliphatic rings. The molecule has 0 aromatic heterocycles. The number of esters is 1. The van der Waals surface area contributed by atoms with Gasteiger partial charge in [-0.15, -0.1) is 0 Å². The lowest BCUT2D eigenvalue weighted by Gasteiger charge is -2.33. The highest BCUT2D eigenvalue weighted by Gasteiger charge is 2.15. The van der Waals surface area contributed by atoms with Crippen molar-refractivity contribution < 1.29 is 9.53 Å². The number of nitrogens with zero attached hydrogens (tertiary/aromatic N) is 3. The summed E-state index contributed by atoms with van der Waals surface area (Å²) in [7, 11) is 1.42. The zero-order chi connectivity index (χ0) is 11.8. The number of carbonyl (C=O) groups excluding carboxylic acids is 1. The van der Waals surface area contributed by atoms with E-state index in [9.17, 15) is 4.79 Å². The second-order valence-electron chi connectivity index (χ2n) is 3.96. The minimum absolute atomic E-state index is 0.136. The first-order valence-electron chi connectivity index (χ1n) is 5.64. The molecule has 0 aromatic carbocycles. The Hall–Kier alpha value is -1.12. The van der Waals surface area contributed by atoms with Crippen molar-refractivity contribution in [2.24, 2.45) is 0 Å². The number of piperazine rings is 1. The number of carbonyl (C=O) groups is 1. The Bertz CT molecular complexity index is 254. The molecule has 1 rings (SSSR count). The van der Waals surface area contributed by atoms with Crippen LogP contribution in [0.4, 0.5) is 0 Å². The molecule has 0 bridgehead atoms. The molecular formula is C11H19N3O2.